The van der Waals surface area contributed by atoms with Gasteiger partial charge in [0.1, 0.15) is 5.03 Å². The van der Waals surface area contributed by atoms with E-state index in [1.165, 1.54) is 11.8 Å². The molecule has 2 rings (SSSR count). The Labute approximate surface area is 78.0 Å². The summed E-state index contributed by atoms with van der Waals surface area (Å²) in [6.07, 6.45) is 3.31. The van der Waals surface area contributed by atoms with Gasteiger partial charge in [-0.3, -0.25) is 0 Å². The Morgan fingerprint density at radius 3 is 3.31 bits per heavy atom. The summed E-state index contributed by atoms with van der Waals surface area (Å²) in [6.45, 7) is 0.120. The van der Waals surface area contributed by atoms with Gasteiger partial charge >= 0.3 is 0 Å². The second-order valence-corrected chi connectivity index (χ2v) is 3.34. The highest BCUT2D eigenvalue weighted by Crippen LogP contribution is 2.17. The van der Waals surface area contributed by atoms with Crippen LogP contribution in [0.15, 0.2) is 17.4 Å². The summed E-state index contributed by atoms with van der Waals surface area (Å²) in [5.41, 5.74) is 0.626. The first-order chi connectivity index (χ1) is 6.42. The predicted molar refractivity (Wildman–Crippen MR) is 46.4 cm³/mol. The SMILES string of the molecule is OCCSc1nccn2nnnc12. The number of aliphatic hydroxyl groups is 1. The molecule has 0 radical (unpaired) electrons. The van der Waals surface area contributed by atoms with Gasteiger partial charge in [-0.05, 0) is 10.4 Å². The molecule has 68 valence electrons. The molecule has 0 aliphatic carbocycles. The molecule has 0 unspecified atom stereocenters. The van der Waals surface area contributed by atoms with Gasteiger partial charge < -0.3 is 5.11 Å². The summed E-state index contributed by atoms with van der Waals surface area (Å²) >= 11 is 1.43. The van der Waals surface area contributed by atoms with Gasteiger partial charge in [0.05, 0.1) is 12.8 Å². The molecular weight excluding hydrogens is 190 g/mol. The third kappa shape index (κ3) is 1.61. The third-order valence-electron chi connectivity index (χ3n) is 1.41. The Hall–Kier alpha value is -1.21. The van der Waals surface area contributed by atoms with E-state index < -0.39 is 0 Å². The maximum atomic E-state index is 8.64. The van der Waals surface area contributed by atoms with Gasteiger partial charge in [0.15, 0.2) is 0 Å². The van der Waals surface area contributed by atoms with Crippen molar-refractivity contribution in [1.82, 2.24) is 25.0 Å². The van der Waals surface area contributed by atoms with Gasteiger partial charge in [0.2, 0.25) is 5.65 Å². The van der Waals surface area contributed by atoms with Crippen molar-refractivity contribution in [3.8, 4) is 0 Å². The minimum absolute atomic E-state index is 0.120. The number of aliphatic hydroxyl groups excluding tert-OH is 1. The average molecular weight is 197 g/mol. The van der Waals surface area contributed by atoms with Crippen molar-refractivity contribution in [1.29, 1.82) is 0 Å². The number of hydrogen-bond acceptors (Lipinski definition) is 6. The zero-order valence-corrected chi connectivity index (χ0v) is 7.48. The normalized spacial score (nSPS) is 10.8. The minimum atomic E-state index is 0.120. The molecule has 2 aromatic heterocycles. The molecule has 1 N–H and O–H groups in total. The van der Waals surface area contributed by atoms with E-state index in [1.807, 2.05) is 0 Å². The van der Waals surface area contributed by atoms with Gasteiger partial charge in [-0.15, -0.1) is 16.9 Å². The number of tetrazole rings is 1. The summed E-state index contributed by atoms with van der Waals surface area (Å²) in [5, 5.41) is 20.4. The van der Waals surface area contributed by atoms with Crippen molar-refractivity contribution in [2.24, 2.45) is 0 Å². The summed E-state index contributed by atoms with van der Waals surface area (Å²) in [7, 11) is 0. The molecule has 7 heteroatoms. The molecule has 0 aromatic carbocycles. The molecule has 0 saturated heterocycles. The Kier molecular flexibility index (Phi) is 2.37. The second kappa shape index (κ2) is 3.67. The number of thioether (sulfide) groups is 1. The van der Waals surface area contributed by atoms with Crippen LogP contribution in [0.2, 0.25) is 0 Å². The lowest BCUT2D eigenvalue weighted by atomic mass is 10.7. The van der Waals surface area contributed by atoms with Crippen LogP contribution in [0.1, 0.15) is 0 Å². The molecule has 0 aliphatic rings. The fourth-order valence-corrected chi connectivity index (χ4v) is 1.58. The molecule has 0 saturated carbocycles. The summed E-state index contributed by atoms with van der Waals surface area (Å²) in [4.78, 5) is 4.11. The number of nitrogens with zero attached hydrogens (tertiary/aromatic N) is 5. The Balaban J connectivity index is 2.37. The highest BCUT2D eigenvalue weighted by Gasteiger charge is 2.05. The third-order valence-corrected chi connectivity index (χ3v) is 2.36. The summed E-state index contributed by atoms with van der Waals surface area (Å²) < 4.78 is 1.55. The van der Waals surface area contributed by atoms with Crippen molar-refractivity contribution in [3.63, 3.8) is 0 Å². The Bertz CT molecular complexity index is 403. The van der Waals surface area contributed by atoms with Gasteiger partial charge in [0, 0.05) is 11.9 Å². The van der Waals surface area contributed by atoms with Crippen LogP contribution >= 0.6 is 11.8 Å². The van der Waals surface area contributed by atoms with Crippen molar-refractivity contribution in [3.05, 3.63) is 12.4 Å². The Morgan fingerprint density at radius 1 is 1.54 bits per heavy atom. The van der Waals surface area contributed by atoms with Crippen LogP contribution in [-0.2, 0) is 0 Å². The van der Waals surface area contributed by atoms with Crippen molar-refractivity contribution in [2.45, 2.75) is 5.03 Å². The topological polar surface area (TPSA) is 76.2 Å². The quantitative estimate of drug-likeness (QED) is 0.675. The highest BCUT2D eigenvalue weighted by molar-refractivity contribution is 7.99. The van der Waals surface area contributed by atoms with E-state index in [0.29, 0.717) is 11.4 Å². The summed E-state index contributed by atoms with van der Waals surface area (Å²) in [5.74, 6) is 0.597. The average Bonchev–Trinajstić information content (AvgIpc) is 2.62. The highest BCUT2D eigenvalue weighted by atomic mass is 32.2. The predicted octanol–water partition coefficient (Wildman–Crippen LogP) is -0.396. The van der Waals surface area contributed by atoms with E-state index in [-0.39, 0.29) is 6.61 Å². The van der Waals surface area contributed by atoms with Gasteiger partial charge in [-0.25, -0.2) is 4.98 Å². The molecule has 2 aromatic rings. The zero-order chi connectivity index (χ0) is 9.10. The summed E-state index contributed by atoms with van der Waals surface area (Å²) in [6, 6.07) is 0. The van der Waals surface area contributed by atoms with Crippen LogP contribution in [0.3, 0.4) is 0 Å². The molecule has 0 amide bonds. The standard InChI is InChI=1S/C6H7N5OS/c12-3-4-13-6-5-8-9-10-11(5)2-1-7-6/h1-2,12H,3-4H2. The van der Waals surface area contributed by atoms with Gasteiger partial charge in [0.25, 0.3) is 0 Å². The van der Waals surface area contributed by atoms with E-state index in [9.17, 15) is 0 Å². The van der Waals surface area contributed by atoms with Crippen molar-refractivity contribution >= 4 is 17.4 Å². The van der Waals surface area contributed by atoms with Gasteiger partial charge in [-0.2, -0.15) is 4.52 Å². The first-order valence-electron chi connectivity index (χ1n) is 3.68. The largest absolute Gasteiger partial charge is 0.396 e. The van der Waals surface area contributed by atoms with Crippen LogP contribution < -0.4 is 0 Å². The molecule has 0 aliphatic heterocycles. The van der Waals surface area contributed by atoms with Crippen LogP contribution in [0.25, 0.3) is 5.65 Å². The molecule has 0 atom stereocenters. The van der Waals surface area contributed by atoms with E-state index >= 15 is 0 Å². The lowest BCUT2D eigenvalue weighted by Crippen LogP contribution is -1.93. The molecule has 0 bridgehead atoms. The van der Waals surface area contributed by atoms with Crippen LogP contribution in [0, 0.1) is 0 Å². The lowest BCUT2D eigenvalue weighted by Gasteiger charge is -1.97. The lowest BCUT2D eigenvalue weighted by molar-refractivity contribution is 0.322. The van der Waals surface area contributed by atoms with E-state index in [1.54, 1.807) is 16.9 Å². The first kappa shape index (κ1) is 8.39. The number of fused-ring (bicyclic) bond motifs is 1. The first-order valence-corrected chi connectivity index (χ1v) is 4.67. The molecule has 6 nitrogen and oxygen atoms in total. The Morgan fingerprint density at radius 2 is 2.46 bits per heavy atom. The van der Waals surface area contributed by atoms with E-state index in [0.717, 1.165) is 5.03 Å². The molecule has 13 heavy (non-hydrogen) atoms. The fourth-order valence-electron chi connectivity index (χ4n) is 0.901. The van der Waals surface area contributed by atoms with E-state index in [4.69, 9.17) is 5.11 Å². The molecular formula is C6H7N5OS. The van der Waals surface area contributed by atoms with Crippen molar-refractivity contribution in [2.75, 3.05) is 12.4 Å². The number of rotatable bonds is 3. The monoisotopic (exact) mass is 197 g/mol. The number of aromatic nitrogens is 5. The number of hydrogen-bond donors (Lipinski definition) is 1. The van der Waals surface area contributed by atoms with Crippen LogP contribution in [-0.4, -0.2) is 42.5 Å². The van der Waals surface area contributed by atoms with Crippen LogP contribution in [0.4, 0.5) is 0 Å². The second-order valence-electron chi connectivity index (χ2n) is 2.25. The maximum Gasteiger partial charge on any atom is 0.211 e. The maximum absolute atomic E-state index is 8.64. The van der Waals surface area contributed by atoms with Gasteiger partial charge in [-0.1, -0.05) is 0 Å². The molecule has 0 spiro atoms. The van der Waals surface area contributed by atoms with Crippen molar-refractivity contribution < 1.29 is 5.11 Å². The molecule has 0 fully saturated rings. The minimum Gasteiger partial charge on any atom is -0.396 e. The molecule has 2 heterocycles. The van der Waals surface area contributed by atoms with Crippen LogP contribution in [0.5, 0.6) is 0 Å². The smallest absolute Gasteiger partial charge is 0.211 e. The fraction of sp³-hybridized carbons (Fsp3) is 0.333. The zero-order valence-electron chi connectivity index (χ0n) is 6.66. The van der Waals surface area contributed by atoms with E-state index in [2.05, 4.69) is 20.5 Å².